The van der Waals surface area contributed by atoms with Crippen LogP contribution in [0.1, 0.15) is 5.56 Å². The number of rotatable bonds is 2. The van der Waals surface area contributed by atoms with Crippen molar-refractivity contribution < 1.29 is 4.79 Å². The summed E-state index contributed by atoms with van der Waals surface area (Å²) in [6.07, 6.45) is 0. The maximum atomic E-state index is 12.5. The summed E-state index contributed by atoms with van der Waals surface area (Å²) in [7, 11) is 0. The Balaban J connectivity index is 1.41. The van der Waals surface area contributed by atoms with Gasteiger partial charge in [0.15, 0.2) is 5.13 Å². The third-order valence-electron chi connectivity index (χ3n) is 4.62. The summed E-state index contributed by atoms with van der Waals surface area (Å²) in [6, 6.07) is 10.9. The molecule has 2 heterocycles. The van der Waals surface area contributed by atoms with Crippen molar-refractivity contribution in [2.75, 3.05) is 36.4 Å². The topological polar surface area (TPSA) is 48.5 Å². The van der Waals surface area contributed by atoms with E-state index in [1.807, 2.05) is 24.0 Å². The molecule has 1 N–H and O–H groups in total. The zero-order valence-electron chi connectivity index (χ0n) is 14.7. The Morgan fingerprint density at radius 3 is 2.44 bits per heavy atom. The lowest BCUT2D eigenvalue weighted by molar-refractivity contribution is 0.208. The first-order valence-corrected chi connectivity index (χ1v) is 10.2. The van der Waals surface area contributed by atoms with Crippen LogP contribution in [-0.4, -0.2) is 42.1 Å². The molecule has 4 rings (SSSR count). The summed E-state index contributed by atoms with van der Waals surface area (Å²) >= 11 is 13.8. The van der Waals surface area contributed by atoms with E-state index in [0.717, 1.165) is 44.7 Å². The second-order valence-electron chi connectivity index (χ2n) is 6.45. The Hall–Kier alpha value is -2.02. The van der Waals surface area contributed by atoms with Crippen LogP contribution in [0.15, 0.2) is 36.4 Å². The molecular formula is C19H18Cl2N4OS. The zero-order chi connectivity index (χ0) is 19.0. The number of aryl methyl sites for hydroxylation is 1. The van der Waals surface area contributed by atoms with Crippen LogP contribution in [-0.2, 0) is 0 Å². The van der Waals surface area contributed by atoms with Crippen LogP contribution in [0.2, 0.25) is 10.0 Å². The molecule has 1 saturated heterocycles. The van der Waals surface area contributed by atoms with Gasteiger partial charge in [-0.3, -0.25) is 0 Å². The Morgan fingerprint density at radius 1 is 1.07 bits per heavy atom. The molecule has 0 aliphatic carbocycles. The number of piperazine rings is 1. The van der Waals surface area contributed by atoms with Crippen LogP contribution < -0.4 is 10.2 Å². The number of urea groups is 1. The molecule has 0 bridgehead atoms. The molecule has 8 heteroatoms. The van der Waals surface area contributed by atoms with Gasteiger partial charge >= 0.3 is 6.03 Å². The van der Waals surface area contributed by atoms with Crippen molar-refractivity contribution in [2.45, 2.75) is 6.92 Å². The number of anilines is 2. The molecule has 0 atom stereocenters. The highest BCUT2D eigenvalue weighted by atomic mass is 35.5. The fourth-order valence-corrected chi connectivity index (χ4v) is 4.56. The Kier molecular flexibility index (Phi) is 5.12. The number of nitrogens with zero attached hydrogens (tertiary/aromatic N) is 3. The Morgan fingerprint density at radius 2 is 1.78 bits per heavy atom. The maximum Gasteiger partial charge on any atom is 0.321 e. The highest BCUT2D eigenvalue weighted by molar-refractivity contribution is 7.22. The summed E-state index contributed by atoms with van der Waals surface area (Å²) in [4.78, 5) is 21.3. The van der Waals surface area contributed by atoms with E-state index in [9.17, 15) is 4.79 Å². The van der Waals surface area contributed by atoms with Gasteiger partial charge < -0.3 is 15.1 Å². The highest BCUT2D eigenvalue weighted by Crippen LogP contribution is 2.35. The molecule has 5 nitrogen and oxygen atoms in total. The summed E-state index contributed by atoms with van der Waals surface area (Å²) in [5.74, 6) is 0. The lowest BCUT2D eigenvalue weighted by Crippen LogP contribution is -2.50. The smallest absolute Gasteiger partial charge is 0.321 e. The first kappa shape index (κ1) is 18.3. The molecule has 1 fully saturated rings. The van der Waals surface area contributed by atoms with E-state index in [1.54, 1.807) is 35.6 Å². The van der Waals surface area contributed by atoms with Crippen molar-refractivity contribution in [2.24, 2.45) is 0 Å². The number of amides is 2. The van der Waals surface area contributed by atoms with Crippen molar-refractivity contribution >= 4 is 61.6 Å². The van der Waals surface area contributed by atoms with Crippen LogP contribution in [0.25, 0.3) is 10.2 Å². The molecule has 0 spiro atoms. The Bertz CT molecular complexity index is 942. The van der Waals surface area contributed by atoms with Gasteiger partial charge in [-0.1, -0.05) is 40.6 Å². The van der Waals surface area contributed by atoms with Gasteiger partial charge in [-0.25, -0.2) is 9.78 Å². The number of hydrogen-bond acceptors (Lipinski definition) is 4. The number of halogens is 2. The van der Waals surface area contributed by atoms with Gasteiger partial charge in [0.2, 0.25) is 0 Å². The first-order valence-electron chi connectivity index (χ1n) is 8.63. The van der Waals surface area contributed by atoms with Gasteiger partial charge in [0.1, 0.15) is 0 Å². The quantitative estimate of drug-likeness (QED) is 0.614. The average Bonchev–Trinajstić information content (AvgIpc) is 3.14. The Labute approximate surface area is 171 Å². The molecule has 0 unspecified atom stereocenters. The summed E-state index contributed by atoms with van der Waals surface area (Å²) in [5.41, 5.74) is 2.83. The third kappa shape index (κ3) is 3.83. The number of thiazole rings is 1. The number of carbonyl (C=O) groups excluding carboxylic acids is 1. The minimum absolute atomic E-state index is 0.0971. The molecule has 1 aliphatic heterocycles. The van der Waals surface area contributed by atoms with Crippen LogP contribution in [0.4, 0.5) is 15.6 Å². The molecule has 0 radical (unpaired) electrons. The summed E-state index contributed by atoms with van der Waals surface area (Å²) in [5, 5.41) is 5.25. The molecule has 140 valence electrons. The van der Waals surface area contributed by atoms with Crippen molar-refractivity contribution in [3.05, 3.63) is 52.0 Å². The number of carbonyl (C=O) groups is 1. The van der Waals surface area contributed by atoms with E-state index < -0.39 is 0 Å². The number of fused-ring (bicyclic) bond motifs is 1. The number of benzene rings is 2. The van der Waals surface area contributed by atoms with E-state index in [-0.39, 0.29) is 6.03 Å². The lowest BCUT2D eigenvalue weighted by Gasteiger charge is -2.34. The van der Waals surface area contributed by atoms with Crippen molar-refractivity contribution in [3.8, 4) is 0 Å². The monoisotopic (exact) mass is 420 g/mol. The maximum absolute atomic E-state index is 12.5. The highest BCUT2D eigenvalue weighted by Gasteiger charge is 2.23. The zero-order valence-corrected chi connectivity index (χ0v) is 17.0. The molecule has 2 aromatic carbocycles. The van der Waals surface area contributed by atoms with Crippen LogP contribution >= 0.6 is 34.5 Å². The molecule has 27 heavy (non-hydrogen) atoms. The van der Waals surface area contributed by atoms with E-state index in [0.29, 0.717) is 18.1 Å². The molecule has 3 aromatic rings. The number of nitrogens with one attached hydrogen (secondary N) is 1. The van der Waals surface area contributed by atoms with Gasteiger partial charge in [-0.2, -0.15) is 0 Å². The minimum Gasteiger partial charge on any atom is -0.345 e. The second kappa shape index (κ2) is 7.54. The number of aromatic nitrogens is 1. The second-order valence-corrected chi connectivity index (χ2v) is 8.27. The first-order chi connectivity index (χ1) is 13.0. The molecule has 1 aromatic heterocycles. The van der Waals surface area contributed by atoms with Gasteiger partial charge in [-0.05, 0) is 42.8 Å². The summed E-state index contributed by atoms with van der Waals surface area (Å²) < 4.78 is 1.02. The predicted molar refractivity (Wildman–Crippen MR) is 114 cm³/mol. The van der Waals surface area contributed by atoms with Gasteiger partial charge in [0, 0.05) is 36.9 Å². The van der Waals surface area contributed by atoms with E-state index in [1.165, 1.54) is 0 Å². The molecule has 1 aliphatic rings. The predicted octanol–water partition coefficient (Wildman–Crippen LogP) is 5.27. The van der Waals surface area contributed by atoms with E-state index in [2.05, 4.69) is 10.2 Å². The largest absolute Gasteiger partial charge is 0.345 e. The molecule has 0 saturated carbocycles. The van der Waals surface area contributed by atoms with E-state index in [4.69, 9.17) is 28.2 Å². The normalized spacial score (nSPS) is 14.6. The van der Waals surface area contributed by atoms with Gasteiger partial charge in [0.25, 0.3) is 0 Å². The van der Waals surface area contributed by atoms with Crippen molar-refractivity contribution in [1.82, 2.24) is 9.88 Å². The minimum atomic E-state index is -0.0971. The SMILES string of the molecule is Cc1ccc(Cl)c2sc(N3CCN(C(=O)Nc4ccc(Cl)cc4)CC3)nc12. The molecular weight excluding hydrogens is 403 g/mol. The van der Waals surface area contributed by atoms with Gasteiger partial charge in [0.05, 0.1) is 15.2 Å². The van der Waals surface area contributed by atoms with Crippen molar-refractivity contribution in [1.29, 1.82) is 0 Å². The fraction of sp³-hybridized carbons (Fsp3) is 0.263. The fourth-order valence-electron chi connectivity index (χ4n) is 3.06. The number of hydrogen-bond donors (Lipinski definition) is 1. The van der Waals surface area contributed by atoms with Crippen LogP contribution in [0, 0.1) is 6.92 Å². The standard InChI is InChI=1S/C19H18Cl2N4OS/c1-12-2-7-15(21)17-16(12)23-19(27-17)25-10-8-24(9-11-25)18(26)22-14-5-3-13(20)4-6-14/h2-7H,8-11H2,1H3,(H,22,26). The van der Waals surface area contributed by atoms with Crippen molar-refractivity contribution in [3.63, 3.8) is 0 Å². The lowest BCUT2D eigenvalue weighted by atomic mass is 10.2. The summed E-state index contributed by atoms with van der Waals surface area (Å²) in [6.45, 7) is 4.81. The van der Waals surface area contributed by atoms with E-state index >= 15 is 0 Å². The average molecular weight is 421 g/mol. The van der Waals surface area contributed by atoms with Gasteiger partial charge in [-0.15, -0.1) is 0 Å². The van der Waals surface area contributed by atoms with Crippen LogP contribution in [0.3, 0.4) is 0 Å². The third-order valence-corrected chi connectivity index (χ3v) is 6.45. The van der Waals surface area contributed by atoms with Crippen LogP contribution in [0.5, 0.6) is 0 Å². The molecule has 2 amide bonds.